The topological polar surface area (TPSA) is 55.2 Å². The predicted octanol–water partition coefficient (Wildman–Crippen LogP) is 4.27. The van der Waals surface area contributed by atoms with Gasteiger partial charge >= 0.3 is 0 Å². The van der Waals surface area contributed by atoms with E-state index in [4.69, 9.17) is 0 Å². The summed E-state index contributed by atoms with van der Waals surface area (Å²) in [5, 5.41) is 14.3. The van der Waals surface area contributed by atoms with Gasteiger partial charge < -0.3 is 5.32 Å². The summed E-state index contributed by atoms with van der Waals surface area (Å²) in [6.45, 7) is 3.36. The standard InChI is InChI=1S/C14H15BrN2O2S/c1-2-12-5-6-13(20-12)9-16-8-10-3-4-11(15)7-14(10)17(18)19/h3-7,16H,2,8-9H2,1H3. The monoisotopic (exact) mass is 354 g/mol. The SMILES string of the molecule is CCc1ccc(CNCc2ccc(Br)cc2[N+](=O)[O-])s1. The van der Waals surface area contributed by atoms with Crippen molar-refractivity contribution in [2.45, 2.75) is 26.4 Å². The zero-order valence-electron chi connectivity index (χ0n) is 11.1. The van der Waals surface area contributed by atoms with Gasteiger partial charge in [-0.15, -0.1) is 11.3 Å². The molecule has 0 aliphatic rings. The highest BCUT2D eigenvalue weighted by Crippen LogP contribution is 2.23. The van der Waals surface area contributed by atoms with Crippen molar-refractivity contribution in [2.24, 2.45) is 0 Å². The van der Waals surface area contributed by atoms with Crippen LogP contribution in [0.5, 0.6) is 0 Å². The maximum Gasteiger partial charge on any atom is 0.275 e. The zero-order chi connectivity index (χ0) is 14.5. The Balaban J connectivity index is 1.98. The number of nitrogens with one attached hydrogen (secondary N) is 1. The molecule has 106 valence electrons. The van der Waals surface area contributed by atoms with Crippen LogP contribution in [0.3, 0.4) is 0 Å². The van der Waals surface area contributed by atoms with E-state index in [9.17, 15) is 10.1 Å². The molecule has 0 unspecified atom stereocenters. The summed E-state index contributed by atoms with van der Waals surface area (Å²) < 4.78 is 0.721. The molecule has 0 fully saturated rings. The maximum atomic E-state index is 11.0. The van der Waals surface area contributed by atoms with Crippen LogP contribution in [0.2, 0.25) is 0 Å². The van der Waals surface area contributed by atoms with E-state index in [0.29, 0.717) is 12.1 Å². The van der Waals surface area contributed by atoms with E-state index in [0.717, 1.165) is 17.4 Å². The van der Waals surface area contributed by atoms with Gasteiger partial charge in [0.2, 0.25) is 0 Å². The first-order valence-electron chi connectivity index (χ1n) is 6.31. The van der Waals surface area contributed by atoms with Crippen molar-refractivity contribution in [3.8, 4) is 0 Å². The van der Waals surface area contributed by atoms with Crippen molar-refractivity contribution in [1.82, 2.24) is 5.32 Å². The minimum Gasteiger partial charge on any atom is -0.308 e. The minimum atomic E-state index is -0.345. The van der Waals surface area contributed by atoms with Crippen molar-refractivity contribution in [2.75, 3.05) is 0 Å². The molecular formula is C14H15BrN2O2S. The summed E-state index contributed by atoms with van der Waals surface area (Å²) in [7, 11) is 0. The Bertz CT molecular complexity index is 613. The second-order valence-corrected chi connectivity index (χ2v) is 6.52. The van der Waals surface area contributed by atoms with Crippen molar-refractivity contribution in [3.63, 3.8) is 0 Å². The molecule has 0 saturated carbocycles. The molecule has 20 heavy (non-hydrogen) atoms. The summed E-state index contributed by atoms with van der Waals surface area (Å²) in [5.41, 5.74) is 0.845. The third-order valence-corrected chi connectivity index (χ3v) is 4.65. The van der Waals surface area contributed by atoms with Crippen LogP contribution < -0.4 is 5.32 Å². The van der Waals surface area contributed by atoms with E-state index < -0.39 is 0 Å². The molecule has 0 aliphatic heterocycles. The quantitative estimate of drug-likeness (QED) is 0.622. The fourth-order valence-corrected chi connectivity index (χ4v) is 3.16. The Labute approximate surface area is 130 Å². The molecule has 0 bridgehead atoms. The number of hydrogen-bond acceptors (Lipinski definition) is 4. The Kier molecular flexibility index (Phi) is 5.28. The molecular weight excluding hydrogens is 340 g/mol. The lowest BCUT2D eigenvalue weighted by Gasteiger charge is -2.05. The Hall–Kier alpha value is -1.24. The fraction of sp³-hybridized carbons (Fsp3) is 0.286. The third-order valence-electron chi connectivity index (χ3n) is 2.92. The predicted molar refractivity (Wildman–Crippen MR) is 85.0 cm³/mol. The van der Waals surface area contributed by atoms with Crippen LogP contribution in [0.25, 0.3) is 0 Å². The van der Waals surface area contributed by atoms with Crippen LogP contribution >= 0.6 is 27.3 Å². The molecule has 1 aromatic heterocycles. The summed E-state index contributed by atoms with van der Waals surface area (Å²) >= 11 is 5.03. The van der Waals surface area contributed by atoms with Gasteiger partial charge in [0, 0.05) is 38.9 Å². The number of hydrogen-bond donors (Lipinski definition) is 1. The van der Waals surface area contributed by atoms with Crippen LogP contribution in [0.1, 0.15) is 22.2 Å². The molecule has 1 heterocycles. The first-order chi connectivity index (χ1) is 9.60. The largest absolute Gasteiger partial charge is 0.308 e. The maximum absolute atomic E-state index is 11.0. The molecule has 1 N–H and O–H groups in total. The summed E-state index contributed by atoms with van der Waals surface area (Å²) in [6, 6.07) is 9.37. The number of aryl methyl sites for hydroxylation is 1. The molecule has 6 heteroatoms. The van der Waals surface area contributed by atoms with Gasteiger partial charge in [-0.2, -0.15) is 0 Å². The highest BCUT2D eigenvalue weighted by atomic mass is 79.9. The summed E-state index contributed by atoms with van der Waals surface area (Å²) in [4.78, 5) is 13.3. The molecule has 0 amide bonds. The Morgan fingerprint density at radius 2 is 2.00 bits per heavy atom. The molecule has 0 spiro atoms. The van der Waals surface area contributed by atoms with Crippen molar-refractivity contribution < 1.29 is 4.92 Å². The summed E-state index contributed by atoms with van der Waals surface area (Å²) in [6.07, 6.45) is 1.04. The van der Waals surface area contributed by atoms with E-state index in [1.165, 1.54) is 15.8 Å². The van der Waals surface area contributed by atoms with Crippen molar-refractivity contribution >= 4 is 33.0 Å². The van der Waals surface area contributed by atoms with E-state index in [1.807, 2.05) is 6.07 Å². The van der Waals surface area contributed by atoms with Crippen LogP contribution in [-0.2, 0) is 19.5 Å². The second kappa shape index (κ2) is 6.97. The molecule has 1 aromatic carbocycles. The highest BCUT2D eigenvalue weighted by molar-refractivity contribution is 9.10. The first kappa shape index (κ1) is 15.2. The molecule has 4 nitrogen and oxygen atoms in total. The average Bonchev–Trinajstić information content (AvgIpc) is 2.88. The normalized spacial score (nSPS) is 10.7. The van der Waals surface area contributed by atoms with E-state index in [2.05, 4.69) is 40.3 Å². The van der Waals surface area contributed by atoms with Crippen molar-refractivity contribution in [3.05, 3.63) is 60.2 Å². The Morgan fingerprint density at radius 3 is 2.65 bits per heavy atom. The number of thiophene rings is 1. The number of nitro benzene ring substituents is 1. The molecule has 2 aromatic rings. The number of rotatable bonds is 6. The van der Waals surface area contributed by atoms with Crippen LogP contribution in [0.15, 0.2) is 34.8 Å². The first-order valence-corrected chi connectivity index (χ1v) is 7.92. The zero-order valence-corrected chi connectivity index (χ0v) is 13.5. The second-order valence-electron chi connectivity index (χ2n) is 4.36. The number of nitrogens with zero attached hydrogens (tertiary/aromatic N) is 1. The molecule has 0 aliphatic carbocycles. The van der Waals surface area contributed by atoms with Gasteiger partial charge in [0.15, 0.2) is 0 Å². The molecule has 0 radical (unpaired) electrons. The lowest BCUT2D eigenvalue weighted by Crippen LogP contribution is -2.13. The minimum absolute atomic E-state index is 0.146. The van der Waals surface area contributed by atoms with Gasteiger partial charge in [-0.1, -0.05) is 22.9 Å². The number of halogens is 1. The van der Waals surface area contributed by atoms with Crippen molar-refractivity contribution in [1.29, 1.82) is 0 Å². The van der Waals surface area contributed by atoms with Crippen LogP contribution in [0, 0.1) is 10.1 Å². The van der Waals surface area contributed by atoms with Gasteiger partial charge in [-0.05, 0) is 30.7 Å². The van der Waals surface area contributed by atoms with Crippen LogP contribution in [-0.4, -0.2) is 4.92 Å². The number of nitro groups is 1. The van der Waals surface area contributed by atoms with Gasteiger partial charge in [0.05, 0.1) is 4.92 Å². The fourth-order valence-electron chi connectivity index (χ4n) is 1.88. The average molecular weight is 355 g/mol. The van der Waals surface area contributed by atoms with Gasteiger partial charge in [-0.25, -0.2) is 0 Å². The van der Waals surface area contributed by atoms with Gasteiger partial charge in [0.25, 0.3) is 5.69 Å². The Morgan fingerprint density at radius 1 is 1.25 bits per heavy atom. The van der Waals surface area contributed by atoms with E-state index >= 15 is 0 Å². The number of benzene rings is 1. The van der Waals surface area contributed by atoms with Gasteiger partial charge in [-0.3, -0.25) is 10.1 Å². The molecule has 2 rings (SSSR count). The molecule has 0 atom stereocenters. The van der Waals surface area contributed by atoms with E-state index in [1.54, 1.807) is 17.4 Å². The lowest BCUT2D eigenvalue weighted by atomic mass is 10.2. The smallest absolute Gasteiger partial charge is 0.275 e. The highest BCUT2D eigenvalue weighted by Gasteiger charge is 2.13. The summed E-state index contributed by atoms with van der Waals surface area (Å²) in [5.74, 6) is 0. The van der Waals surface area contributed by atoms with E-state index in [-0.39, 0.29) is 10.6 Å². The third kappa shape index (κ3) is 3.88. The van der Waals surface area contributed by atoms with Gasteiger partial charge in [0.1, 0.15) is 0 Å². The molecule has 0 saturated heterocycles. The lowest BCUT2D eigenvalue weighted by molar-refractivity contribution is -0.385. The van der Waals surface area contributed by atoms with Crippen LogP contribution in [0.4, 0.5) is 5.69 Å².